The molecule has 0 atom stereocenters. The quantitative estimate of drug-likeness (QED) is 0.496. The molecule has 8 nitrogen and oxygen atoms in total. The lowest BCUT2D eigenvalue weighted by Gasteiger charge is -2.22. The molecule has 0 bridgehead atoms. The minimum atomic E-state index is -0.484. The molecule has 0 saturated heterocycles. The number of rotatable bonds is 8. The van der Waals surface area contributed by atoms with Crippen LogP contribution in [0.15, 0.2) is 6.33 Å². The van der Waals surface area contributed by atoms with Gasteiger partial charge in [-0.15, -0.1) is 0 Å². The van der Waals surface area contributed by atoms with E-state index in [1.54, 1.807) is 25.8 Å². The van der Waals surface area contributed by atoms with Crippen LogP contribution >= 0.6 is 0 Å². The second kappa shape index (κ2) is 6.92. The van der Waals surface area contributed by atoms with Crippen molar-refractivity contribution in [1.82, 2.24) is 9.55 Å². The molecule has 8 heteroatoms. The standard InChI is InChI=1S/C10H18N4O4/c1-12-8-11-9(14(15)16)10(12)13(4-6-17-2)5-7-18-3/h8H,4-7H2,1-3H3. The minimum Gasteiger partial charge on any atom is -0.383 e. The summed E-state index contributed by atoms with van der Waals surface area (Å²) in [7, 11) is 4.90. The normalized spacial score (nSPS) is 10.6. The van der Waals surface area contributed by atoms with Crippen molar-refractivity contribution in [3.8, 4) is 0 Å². The van der Waals surface area contributed by atoms with E-state index in [1.165, 1.54) is 6.33 Å². The van der Waals surface area contributed by atoms with Crippen molar-refractivity contribution in [1.29, 1.82) is 0 Å². The molecule has 1 rings (SSSR count). The molecule has 0 aromatic carbocycles. The molecule has 0 aliphatic carbocycles. The molecule has 0 unspecified atom stereocenters. The van der Waals surface area contributed by atoms with E-state index < -0.39 is 4.92 Å². The number of imidazole rings is 1. The van der Waals surface area contributed by atoms with Crippen LogP contribution in [0, 0.1) is 10.1 Å². The van der Waals surface area contributed by atoms with Crippen LogP contribution in [0.3, 0.4) is 0 Å². The molecule has 1 heterocycles. The number of nitro groups is 1. The molecule has 1 aromatic rings. The molecule has 0 N–H and O–H groups in total. The molecule has 0 fully saturated rings. The molecule has 0 aliphatic rings. The van der Waals surface area contributed by atoms with Crippen molar-refractivity contribution in [2.45, 2.75) is 0 Å². The second-order valence-corrected chi connectivity index (χ2v) is 3.73. The minimum absolute atomic E-state index is 0.148. The van der Waals surface area contributed by atoms with Crippen LogP contribution in [0.5, 0.6) is 0 Å². The predicted octanol–water partition coefficient (Wildman–Crippen LogP) is 0.427. The van der Waals surface area contributed by atoms with Crippen molar-refractivity contribution in [2.75, 3.05) is 45.4 Å². The average Bonchev–Trinajstić information content (AvgIpc) is 2.72. The maximum Gasteiger partial charge on any atom is 0.406 e. The molecule has 0 saturated carbocycles. The van der Waals surface area contributed by atoms with Crippen LogP contribution < -0.4 is 4.90 Å². The van der Waals surface area contributed by atoms with Gasteiger partial charge in [0.15, 0.2) is 0 Å². The summed E-state index contributed by atoms with van der Waals surface area (Å²) in [5, 5.41) is 10.9. The van der Waals surface area contributed by atoms with E-state index in [0.717, 1.165) is 0 Å². The van der Waals surface area contributed by atoms with Crippen LogP contribution in [-0.2, 0) is 16.5 Å². The van der Waals surface area contributed by atoms with Crippen LogP contribution in [0.1, 0.15) is 0 Å². The van der Waals surface area contributed by atoms with Gasteiger partial charge in [0.25, 0.3) is 0 Å². The van der Waals surface area contributed by atoms with Gasteiger partial charge in [0.2, 0.25) is 12.1 Å². The van der Waals surface area contributed by atoms with E-state index in [9.17, 15) is 10.1 Å². The third kappa shape index (κ3) is 3.41. The number of hydrogen-bond donors (Lipinski definition) is 0. The molecule has 18 heavy (non-hydrogen) atoms. The molecule has 1 aromatic heterocycles. The van der Waals surface area contributed by atoms with E-state index >= 15 is 0 Å². The summed E-state index contributed by atoms with van der Waals surface area (Å²) in [5.41, 5.74) is 0. The Morgan fingerprint density at radius 3 is 2.39 bits per heavy atom. The summed E-state index contributed by atoms with van der Waals surface area (Å²) in [5.74, 6) is 0.318. The molecule has 102 valence electrons. The highest BCUT2D eigenvalue weighted by atomic mass is 16.6. The Kier molecular flexibility index (Phi) is 5.53. The number of nitrogens with zero attached hydrogens (tertiary/aromatic N) is 4. The first-order valence-electron chi connectivity index (χ1n) is 5.50. The topological polar surface area (TPSA) is 82.7 Å². The second-order valence-electron chi connectivity index (χ2n) is 3.73. The van der Waals surface area contributed by atoms with Crippen molar-refractivity contribution in [2.24, 2.45) is 7.05 Å². The van der Waals surface area contributed by atoms with Crippen LogP contribution in [0.4, 0.5) is 11.6 Å². The molecular formula is C10H18N4O4. The summed E-state index contributed by atoms with van der Waals surface area (Å²) in [6.45, 7) is 2.04. The van der Waals surface area contributed by atoms with Gasteiger partial charge >= 0.3 is 5.82 Å². The maximum absolute atomic E-state index is 10.9. The van der Waals surface area contributed by atoms with Gasteiger partial charge in [-0.05, 0) is 9.91 Å². The fraction of sp³-hybridized carbons (Fsp3) is 0.700. The van der Waals surface area contributed by atoms with E-state index in [2.05, 4.69) is 4.98 Å². The van der Waals surface area contributed by atoms with Crippen molar-refractivity contribution < 1.29 is 14.4 Å². The largest absolute Gasteiger partial charge is 0.406 e. The van der Waals surface area contributed by atoms with E-state index in [-0.39, 0.29) is 5.82 Å². The van der Waals surface area contributed by atoms with Gasteiger partial charge in [0, 0.05) is 34.4 Å². The van der Waals surface area contributed by atoms with Gasteiger partial charge in [-0.2, -0.15) is 0 Å². The summed E-state index contributed by atoms with van der Waals surface area (Å²) in [6, 6.07) is 0. The predicted molar refractivity (Wildman–Crippen MR) is 65.8 cm³/mol. The van der Waals surface area contributed by atoms with Gasteiger partial charge < -0.3 is 24.5 Å². The fourth-order valence-electron chi connectivity index (χ4n) is 1.63. The summed E-state index contributed by atoms with van der Waals surface area (Å²) >= 11 is 0. The number of methoxy groups -OCH3 is 2. The van der Waals surface area contributed by atoms with E-state index in [0.29, 0.717) is 32.1 Å². The molecular weight excluding hydrogens is 240 g/mol. The SMILES string of the molecule is COCCN(CCOC)c1c([N+](=O)[O-])ncn1C. The molecule has 0 radical (unpaired) electrons. The Hall–Kier alpha value is -1.67. The molecule has 0 spiro atoms. The van der Waals surface area contributed by atoms with Crippen LogP contribution in [-0.4, -0.2) is 55.0 Å². The Labute approximate surface area is 105 Å². The van der Waals surface area contributed by atoms with Crippen molar-refractivity contribution in [3.63, 3.8) is 0 Å². The number of hydrogen-bond acceptors (Lipinski definition) is 6. The monoisotopic (exact) mass is 258 g/mol. The van der Waals surface area contributed by atoms with Crippen LogP contribution in [0.2, 0.25) is 0 Å². The average molecular weight is 258 g/mol. The first-order chi connectivity index (χ1) is 8.61. The summed E-state index contributed by atoms with van der Waals surface area (Å²) in [6.07, 6.45) is 1.43. The zero-order valence-electron chi connectivity index (χ0n) is 10.8. The first-order valence-corrected chi connectivity index (χ1v) is 5.50. The molecule has 0 amide bonds. The highest BCUT2D eigenvalue weighted by molar-refractivity contribution is 5.54. The maximum atomic E-state index is 10.9. The highest BCUT2D eigenvalue weighted by Gasteiger charge is 2.25. The fourth-order valence-corrected chi connectivity index (χ4v) is 1.63. The lowest BCUT2D eigenvalue weighted by molar-refractivity contribution is -0.388. The summed E-state index contributed by atoms with van der Waals surface area (Å²) in [4.78, 5) is 16.1. The van der Waals surface area contributed by atoms with Crippen LogP contribution in [0.25, 0.3) is 0 Å². The summed E-state index contributed by atoms with van der Waals surface area (Å²) < 4.78 is 11.6. The van der Waals surface area contributed by atoms with E-state index in [1.807, 2.05) is 4.90 Å². The van der Waals surface area contributed by atoms with Crippen molar-refractivity contribution >= 4 is 11.6 Å². The first kappa shape index (κ1) is 14.4. The number of anilines is 1. The Morgan fingerprint density at radius 1 is 1.39 bits per heavy atom. The highest BCUT2D eigenvalue weighted by Crippen LogP contribution is 2.25. The van der Waals surface area contributed by atoms with Gasteiger partial charge in [0.05, 0.1) is 13.2 Å². The Morgan fingerprint density at radius 2 is 1.94 bits per heavy atom. The zero-order chi connectivity index (χ0) is 13.5. The van der Waals surface area contributed by atoms with Gasteiger partial charge in [0.1, 0.15) is 0 Å². The Bertz CT molecular complexity index is 385. The lowest BCUT2D eigenvalue weighted by Crippen LogP contribution is -2.32. The van der Waals surface area contributed by atoms with Gasteiger partial charge in [-0.25, -0.2) is 0 Å². The number of aryl methyl sites for hydroxylation is 1. The van der Waals surface area contributed by atoms with Gasteiger partial charge in [-0.1, -0.05) is 0 Å². The number of aromatic nitrogens is 2. The zero-order valence-corrected chi connectivity index (χ0v) is 10.8. The molecule has 0 aliphatic heterocycles. The third-order valence-corrected chi connectivity index (χ3v) is 2.49. The third-order valence-electron chi connectivity index (χ3n) is 2.49. The van der Waals surface area contributed by atoms with Crippen molar-refractivity contribution in [3.05, 3.63) is 16.4 Å². The van der Waals surface area contributed by atoms with Gasteiger partial charge in [-0.3, -0.25) is 4.57 Å². The number of ether oxygens (including phenoxy) is 2. The lowest BCUT2D eigenvalue weighted by atomic mass is 10.4. The smallest absolute Gasteiger partial charge is 0.383 e. The Balaban J connectivity index is 2.95. The van der Waals surface area contributed by atoms with E-state index in [4.69, 9.17) is 9.47 Å².